The van der Waals surface area contributed by atoms with E-state index in [2.05, 4.69) is 39.8 Å². The molecule has 0 aromatic carbocycles. The minimum atomic E-state index is 0.350. The van der Waals surface area contributed by atoms with Gasteiger partial charge in [0.1, 0.15) is 0 Å². The Kier molecular flexibility index (Phi) is 2.73. The first-order chi connectivity index (χ1) is 9.81. The molecule has 0 aliphatic heterocycles. The summed E-state index contributed by atoms with van der Waals surface area (Å²) >= 11 is 1.86. The van der Waals surface area contributed by atoms with E-state index >= 15 is 0 Å². The normalized spacial score (nSPS) is 18.1. The smallest absolute Gasteiger partial charge is 0.243 e. The maximum atomic E-state index is 4.61. The van der Waals surface area contributed by atoms with Crippen molar-refractivity contribution in [2.75, 3.05) is 5.32 Å². The van der Waals surface area contributed by atoms with Gasteiger partial charge in [0.05, 0.1) is 6.04 Å². The van der Waals surface area contributed by atoms with Gasteiger partial charge in [-0.2, -0.15) is 4.98 Å². The third kappa shape index (κ3) is 1.89. The van der Waals surface area contributed by atoms with E-state index in [1.54, 1.807) is 0 Å². The molecule has 20 heavy (non-hydrogen) atoms. The van der Waals surface area contributed by atoms with Crippen LogP contribution in [0.25, 0.3) is 5.65 Å². The fourth-order valence-electron chi connectivity index (χ4n) is 2.89. The number of nitrogens with one attached hydrogen (secondary N) is 1. The predicted octanol–water partition coefficient (Wildman–Crippen LogP) is 3.59. The Bertz CT molecular complexity index is 758. The molecule has 0 spiro atoms. The molecule has 3 aromatic rings. The lowest BCUT2D eigenvalue weighted by molar-refractivity contribution is 0.604. The summed E-state index contributed by atoms with van der Waals surface area (Å²) in [6.45, 7) is 2.06. The molecule has 3 aromatic heterocycles. The first-order valence-electron chi connectivity index (χ1n) is 6.96. The molecule has 1 aliphatic rings. The lowest BCUT2D eigenvalue weighted by Crippen LogP contribution is -2.16. The van der Waals surface area contributed by atoms with Crippen LogP contribution in [0.5, 0.6) is 0 Å². The molecule has 3 heterocycles. The largest absolute Gasteiger partial charge is 0.346 e. The van der Waals surface area contributed by atoms with E-state index in [4.69, 9.17) is 0 Å². The lowest BCUT2D eigenvalue weighted by atomic mass is 9.94. The van der Waals surface area contributed by atoms with Gasteiger partial charge in [0.25, 0.3) is 0 Å². The fourth-order valence-corrected chi connectivity index (χ4v) is 3.88. The lowest BCUT2D eigenvalue weighted by Gasteiger charge is -2.22. The van der Waals surface area contributed by atoms with E-state index < -0.39 is 0 Å². The van der Waals surface area contributed by atoms with Crippen molar-refractivity contribution in [2.45, 2.75) is 32.2 Å². The fraction of sp³-hybridized carbons (Fsp3) is 0.333. The van der Waals surface area contributed by atoms with Crippen molar-refractivity contribution in [1.29, 1.82) is 0 Å². The van der Waals surface area contributed by atoms with E-state index in [0.717, 1.165) is 23.6 Å². The Morgan fingerprint density at radius 3 is 3.25 bits per heavy atom. The summed E-state index contributed by atoms with van der Waals surface area (Å²) < 4.78 is 1.84. The molecule has 1 N–H and O–H groups in total. The Labute approximate surface area is 121 Å². The Balaban J connectivity index is 1.67. The van der Waals surface area contributed by atoms with Gasteiger partial charge < -0.3 is 5.32 Å². The number of pyridine rings is 1. The van der Waals surface area contributed by atoms with E-state index in [-0.39, 0.29) is 0 Å². The third-order valence-electron chi connectivity index (χ3n) is 3.91. The molecule has 0 bridgehead atoms. The van der Waals surface area contributed by atoms with Crippen LogP contribution in [0.3, 0.4) is 0 Å². The highest BCUT2D eigenvalue weighted by molar-refractivity contribution is 7.10. The van der Waals surface area contributed by atoms with E-state index in [9.17, 15) is 0 Å². The second-order valence-electron chi connectivity index (χ2n) is 5.28. The number of fused-ring (bicyclic) bond motifs is 2. The Morgan fingerprint density at radius 1 is 1.40 bits per heavy atom. The maximum Gasteiger partial charge on any atom is 0.243 e. The zero-order valence-electron chi connectivity index (χ0n) is 11.3. The van der Waals surface area contributed by atoms with Crippen LogP contribution in [0.2, 0.25) is 0 Å². The van der Waals surface area contributed by atoms with E-state index in [0.29, 0.717) is 6.04 Å². The minimum Gasteiger partial charge on any atom is -0.346 e. The summed E-state index contributed by atoms with van der Waals surface area (Å²) in [6.07, 6.45) is 5.54. The second kappa shape index (κ2) is 4.59. The predicted molar refractivity (Wildman–Crippen MR) is 81.3 cm³/mol. The molecule has 1 aliphatic carbocycles. The molecule has 4 rings (SSSR count). The van der Waals surface area contributed by atoms with Crippen LogP contribution in [-0.4, -0.2) is 14.6 Å². The van der Waals surface area contributed by atoms with Gasteiger partial charge in [-0.1, -0.05) is 6.07 Å². The highest BCUT2D eigenvalue weighted by Gasteiger charge is 2.22. The number of anilines is 1. The van der Waals surface area contributed by atoms with Crippen molar-refractivity contribution in [3.05, 3.63) is 45.8 Å². The number of hydrogen-bond donors (Lipinski definition) is 1. The zero-order valence-corrected chi connectivity index (χ0v) is 12.2. The summed E-state index contributed by atoms with van der Waals surface area (Å²) in [5, 5.41) is 10.2. The number of aryl methyl sites for hydroxylation is 2. The first kappa shape index (κ1) is 11.9. The van der Waals surface area contributed by atoms with Crippen LogP contribution in [0.4, 0.5) is 5.95 Å². The van der Waals surface area contributed by atoms with Crippen LogP contribution >= 0.6 is 11.3 Å². The number of thiophene rings is 1. The highest BCUT2D eigenvalue weighted by atomic mass is 32.1. The first-order valence-corrected chi connectivity index (χ1v) is 7.84. The SMILES string of the molecule is Cc1cccn2nc(NC3CCCc4sccc43)nc12. The molecule has 102 valence electrons. The topological polar surface area (TPSA) is 42.2 Å². The highest BCUT2D eigenvalue weighted by Crippen LogP contribution is 2.35. The molecule has 5 heteroatoms. The van der Waals surface area contributed by atoms with E-state index in [1.165, 1.54) is 23.3 Å². The average Bonchev–Trinajstić information content (AvgIpc) is 3.06. The number of aromatic nitrogens is 3. The molecular formula is C15H16N4S. The van der Waals surface area contributed by atoms with Gasteiger partial charge in [-0.3, -0.25) is 0 Å². The maximum absolute atomic E-state index is 4.61. The van der Waals surface area contributed by atoms with Gasteiger partial charge in [-0.05, 0) is 54.8 Å². The monoisotopic (exact) mass is 284 g/mol. The van der Waals surface area contributed by atoms with Crippen molar-refractivity contribution < 1.29 is 0 Å². The summed E-state index contributed by atoms with van der Waals surface area (Å²) in [4.78, 5) is 6.12. The summed E-state index contributed by atoms with van der Waals surface area (Å²) in [5.41, 5.74) is 3.50. The van der Waals surface area contributed by atoms with E-state index in [1.807, 2.05) is 28.1 Å². The molecule has 1 unspecified atom stereocenters. The quantitative estimate of drug-likeness (QED) is 0.782. The molecule has 0 fully saturated rings. The van der Waals surface area contributed by atoms with Crippen molar-refractivity contribution >= 4 is 22.9 Å². The molecule has 0 saturated carbocycles. The van der Waals surface area contributed by atoms with Crippen molar-refractivity contribution in [3.8, 4) is 0 Å². The number of nitrogens with zero attached hydrogens (tertiary/aromatic N) is 3. The van der Waals surface area contributed by atoms with Crippen molar-refractivity contribution in [1.82, 2.24) is 14.6 Å². The Hall–Kier alpha value is -1.88. The van der Waals surface area contributed by atoms with Gasteiger partial charge in [-0.25, -0.2) is 4.52 Å². The van der Waals surface area contributed by atoms with Crippen molar-refractivity contribution in [2.24, 2.45) is 0 Å². The zero-order chi connectivity index (χ0) is 13.5. The standard InChI is InChI=1S/C15H16N4S/c1-10-4-3-8-19-14(10)17-15(18-19)16-12-5-2-6-13-11(12)7-9-20-13/h3-4,7-9,12H,2,5-6H2,1H3,(H,16,18). The summed E-state index contributed by atoms with van der Waals surface area (Å²) in [6, 6.07) is 6.64. The molecule has 1 atom stereocenters. The van der Waals surface area contributed by atoms with Gasteiger partial charge in [0.15, 0.2) is 5.65 Å². The van der Waals surface area contributed by atoms with Crippen LogP contribution in [0, 0.1) is 6.92 Å². The van der Waals surface area contributed by atoms with Crippen LogP contribution in [-0.2, 0) is 6.42 Å². The second-order valence-corrected chi connectivity index (χ2v) is 6.28. The summed E-state index contributed by atoms with van der Waals surface area (Å²) in [7, 11) is 0. The third-order valence-corrected chi connectivity index (χ3v) is 4.91. The number of hydrogen-bond acceptors (Lipinski definition) is 4. The van der Waals surface area contributed by atoms with Gasteiger partial charge in [0, 0.05) is 11.1 Å². The molecular weight excluding hydrogens is 268 g/mol. The molecule has 4 nitrogen and oxygen atoms in total. The van der Waals surface area contributed by atoms with Gasteiger partial charge in [0.2, 0.25) is 5.95 Å². The van der Waals surface area contributed by atoms with Crippen LogP contribution in [0.1, 0.15) is 34.9 Å². The minimum absolute atomic E-state index is 0.350. The molecule has 0 saturated heterocycles. The van der Waals surface area contributed by atoms with Crippen molar-refractivity contribution in [3.63, 3.8) is 0 Å². The number of rotatable bonds is 2. The molecule has 0 radical (unpaired) electrons. The average molecular weight is 284 g/mol. The van der Waals surface area contributed by atoms with Gasteiger partial charge in [-0.15, -0.1) is 16.4 Å². The summed E-state index contributed by atoms with van der Waals surface area (Å²) in [5.74, 6) is 0.725. The molecule has 0 amide bonds. The van der Waals surface area contributed by atoms with Gasteiger partial charge >= 0.3 is 0 Å². The van der Waals surface area contributed by atoms with Crippen LogP contribution < -0.4 is 5.32 Å². The van der Waals surface area contributed by atoms with Crippen LogP contribution in [0.15, 0.2) is 29.8 Å². The Morgan fingerprint density at radius 2 is 2.35 bits per heavy atom.